The van der Waals surface area contributed by atoms with Crippen LogP contribution in [0.1, 0.15) is 17.3 Å². The van der Waals surface area contributed by atoms with Gasteiger partial charge < -0.3 is 15.8 Å². The second kappa shape index (κ2) is 5.64. The second-order valence-corrected chi connectivity index (χ2v) is 4.52. The van der Waals surface area contributed by atoms with Crippen LogP contribution in [-0.2, 0) is 11.8 Å². The molecule has 2 aromatic rings. The van der Waals surface area contributed by atoms with E-state index in [9.17, 15) is 4.79 Å². The maximum atomic E-state index is 11.7. The summed E-state index contributed by atoms with van der Waals surface area (Å²) in [6.45, 7) is 1.90. The molecular formula is C14H18N4O2. The third-order valence-corrected chi connectivity index (χ3v) is 3.27. The third-order valence-electron chi connectivity index (χ3n) is 3.27. The summed E-state index contributed by atoms with van der Waals surface area (Å²) in [7, 11) is 3.43. The molecule has 1 amide bonds. The molecule has 0 bridgehead atoms. The Labute approximate surface area is 117 Å². The second-order valence-electron chi connectivity index (χ2n) is 4.52. The number of primary amides is 1. The van der Waals surface area contributed by atoms with Crippen LogP contribution in [0.4, 0.5) is 5.69 Å². The number of aryl methyl sites for hydroxylation is 1. The van der Waals surface area contributed by atoms with E-state index in [-0.39, 0.29) is 0 Å². The van der Waals surface area contributed by atoms with Gasteiger partial charge in [-0.05, 0) is 31.2 Å². The zero-order valence-electron chi connectivity index (χ0n) is 11.8. The summed E-state index contributed by atoms with van der Waals surface area (Å²) in [6.07, 6.45) is 1.65. The van der Waals surface area contributed by atoms with Gasteiger partial charge in [0.2, 0.25) is 5.91 Å². The predicted octanol–water partition coefficient (Wildman–Crippen LogP) is 1.38. The van der Waals surface area contributed by atoms with Crippen LogP contribution in [0.15, 0.2) is 30.5 Å². The average Bonchev–Trinajstić information content (AvgIpc) is 2.77. The van der Waals surface area contributed by atoms with Crippen LogP contribution in [0.2, 0.25) is 0 Å². The lowest BCUT2D eigenvalue weighted by Crippen LogP contribution is -2.28. The first kappa shape index (κ1) is 13.9. The normalized spacial score (nSPS) is 11.9. The van der Waals surface area contributed by atoms with Crippen LogP contribution in [0.3, 0.4) is 0 Å². The molecule has 1 heterocycles. The third kappa shape index (κ3) is 2.74. The number of anilines is 1. The molecule has 2 rings (SSSR count). The molecule has 0 saturated carbocycles. The smallest absolute Gasteiger partial charge is 0.244 e. The molecule has 1 aromatic heterocycles. The van der Waals surface area contributed by atoms with Crippen molar-refractivity contribution >= 4 is 11.6 Å². The molecule has 6 heteroatoms. The molecule has 0 saturated heterocycles. The number of hydrogen-bond donors (Lipinski definition) is 2. The highest BCUT2D eigenvalue weighted by atomic mass is 16.5. The number of methoxy groups -OCH3 is 1. The van der Waals surface area contributed by atoms with E-state index >= 15 is 0 Å². The van der Waals surface area contributed by atoms with E-state index in [2.05, 4.69) is 10.4 Å². The van der Waals surface area contributed by atoms with Gasteiger partial charge in [0.25, 0.3) is 0 Å². The molecule has 0 spiro atoms. The molecule has 0 aliphatic heterocycles. The first-order valence-electron chi connectivity index (χ1n) is 6.21. The van der Waals surface area contributed by atoms with Crippen molar-refractivity contribution in [3.8, 4) is 5.75 Å². The van der Waals surface area contributed by atoms with E-state index in [1.807, 2.05) is 38.2 Å². The van der Waals surface area contributed by atoms with Gasteiger partial charge in [-0.1, -0.05) is 0 Å². The molecule has 6 nitrogen and oxygen atoms in total. The molecule has 1 aromatic carbocycles. The zero-order chi connectivity index (χ0) is 14.7. The van der Waals surface area contributed by atoms with Crippen molar-refractivity contribution in [2.75, 3.05) is 12.4 Å². The summed E-state index contributed by atoms with van der Waals surface area (Å²) < 4.78 is 6.81. The first-order valence-corrected chi connectivity index (χ1v) is 6.21. The number of ether oxygens (including phenoxy) is 1. The van der Waals surface area contributed by atoms with Crippen LogP contribution < -0.4 is 15.8 Å². The molecule has 3 N–H and O–H groups in total. The fraction of sp³-hybridized carbons (Fsp3) is 0.286. The topological polar surface area (TPSA) is 82.2 Å². The van der Waals surface area contributed by atoms with Gasteiger partial charge in [0.05, 0.1) is 13.3 Å². The Hall–Kier alpha value is -2.50. The summed E-state index contributed by atoms with van der Waals surface area (Å²) in [6, 6.07) is 6.69. The minimum Gasteiger partial charge on any atom is -0.497 e. The number of nitrogens with one attached hydrogen (secondary N) is 1. The fourth-order valence-corrected chi connectivity index (χ4v) is 1.96. The van der Waals surface area contributed by atoms with Gasteiger partial charge in [-0.3, -0.25) is 9.48 Å². The first-order chi connectivity index (χ1) is 9.52. The predicted molar refractivity (Wildman–Crippen MR) is 76.5 cm³/mol. The Bertz CT molecular complexity index is 604. The van der Waals surface area contributed by atoms with E-state index < -0.39 is 11.9 Å². The quantitative estimate of drug-likeness (QED) is 0.863. The Balaban J connectivity index is 2.25. The van der Waals surface area contributed by atoms with Gasteiger partial charge in [0.15, 0.2) is 0 Å². The summed E-state index contributed by atoms with van der Waals surface area (Å²) in [5.41, 5.74) is 7.95. The lowest BCUT2D eigenvalue weighted by Gasteiger charge is -2.16. The number of amides is 1. The van der Waals surface area contributed by atoms with Crippen LogP contribution in [0.5, 0.6) is 5.75 Å². The fourth-order valence-electron chi connectivity index (χ4n) is 1.96. The number of aromatic nitrogens is 2. The zero-order valence-corrected chi connectivity index (χ0v) is 11.8. The summed E-state index contributed by atoms with van der Waals surface area (Å²) in [4.78, 5) is 11.7. The highest BCUT2D eigenvalue weighted by molar-refractivity contribution is 5.84. The Morgan fingerprint density at radius 2 is 2.05 bits per heavy atom. The van der Waals surface area contributed by atoms with Crippen molar-refractivity contribution in [2.24, 2.45) is 12.8 Å². The van der Waals surface area contributed by atoms with Crippen LogP contribution in [0.25, 0.3) is 0 Å². The van der Waals surface area contributed by atoms with E-state index in [4.69, 9.17) is 10.5 Å². The van der Waals surface area contributed by atoms with Crippen LogP contribution in [0, 0.1) is 6.92 Å². The summed E-state index contributed by atoms with van der Waals surface area (Å²) in [5.74, 6) is 0.306. The standard InChI is InChI=1S/C14H18N4O2/c1-9-12(8-16-18(9)2)13(14(15)19)17-10-4-6-11(20-3)7-5-10/h4-8,13,17H,1-3H3,(H2,15,19). The van der Waals surface area contributed by atoms with E-state index in [0.29, 0.717) is 0 Å². The SMILES string of the molecule is COc1ccc(NC(C(N)=O)c2cnn(C)c2C)cc1. The number of carbonyl (C=O) groups excluding carboxylic acids is 1. The molecule has 20 heavy (non-hydrogen) atoms. The highest BCUT2D eigenvalue weighted by Crippen LogP contribution is 2.23. The largest absolute Gasteiger partial charge is 0.497 e. The number of rotatable bonds is 5. The molecule has 0 fully saturated rings. The molecule has 106 valence electrons. The molecular weight excluding hydrogens is 256 g/mol. The van der Waals surface area contributed by atoms with Gasteiger partial charge >= 0.3 is 0 Å². The van der Waals surface area contributed by atoms with E-state index in [1.165, 1.54) is 0 Å². The maximum absolute atomic E-state index is 11.7. The molecule has 0 radical (unpaired) electrons. The van der Waals surface area contributed by atoms with Crippen molar-refractivity contribution in [3.63, 3.8) is 0 Å². The molecule has 0 aliphatic rings. The number of carbonyl (C=O) groups is 1. The van der Waals surface area contributed by atoms with Crippen molar-refractivity contribution in [1.82, 2.24) is 9.78 Å². The number of benzene rings is 1. The van der Waals surface area contributed by atoms with Gasteiger partial charge in [-0.2, -0.15) is 5.10 Å². The Morgan fingerprint density at radius 1 is 1.40 bits per heavy atom. The highest BCUT2D eigenvalue weighted by Gasteiger charge is 2.21. The van der Waals surface area contributed by atoms with Crippen molar-refractivity contribution in [2.45, 2.75) is 13.0 Å². The Kier molecular flexibility index (Phi) is 3.93. The summed E-state index contributed by atoms with van der Waals surface area (Å²) >= 11 is 0. The van der Waals surface area contributed by atoms with Crippen molar-refractivity contribution in [3.05, 3.63) is 41.7 Å². The van der Waals surface area contributed by atoms with Gasteiger partial charge in [0.1, 0.15) is 11.8 Å². The summed E-state index contributed by atoms with van der Waals surface area (Å²) in [5, 5.41) is 7.25. The van der Waals surface area contributed by atoms with Crippen molar-refractivity contribution < 1.29 is 9.53 Å². The maximum Gasteiger partial charge on any atom is 0.244 e. The van der Waals surface area contributed by atoms with Crippen LogP contribution in [-0.4, -0.2) is 22.8 Å². The van der Waals surface area contributed by atoms with E-state index in [0.717, 1.165) is 22.7 Å². The van der Waals surface area contributed by atoms with Gasteiger partial charge in [-0.25, -0.2) is 0 Å². The number of nitrogens with two attached hydrogens (primary N) is 1. The number of nitrogens with zero attached hydrogens (tertiary/aromatic N) is 2. The molecule has 0 aliphatic carbocycles. The lowest BCUT2D eigenvalue weighted by molar-refractivity contribution is -0.118. The van der Waals surface area contributed by atoms with Crippen LogP contribution >= 0.6 is 0 Å². The molecule has 1 unspecified atom stereocenters. The monoisotopic (exact) mass is 274 g/mol. The average molecular weight is 274 g/mol. The minimum atomic E-state index is -0.614. The lowest BCUT2D eigenvalue weighted by atomic mass is 10.1. The van der Waals surface area contributed by atoms with Gasteiger partial charge in [-0.15, -0.1) is 0 Å². The van der Waals surface area contributed by atoms with Gasteiger partial charge in [0, 0.05) is 24.0 Å². The molecule has 1 atom stereocenters. The number of hydrogen-bond acceptors (Lipinski definition) is 4. The Morgan fingerprint density at radius 3 is 2.50 bits per heavy atom. The van der Waals surface area contributed by atoms with E-state index in [1.54, 1.807) is 18.0 Å². The van der Waals surface area contributed by atoms with Crippen molar-refractivity contribution in [1.29, 1.82) is 0 Å². The minimum absolute atomic E-state index is 0.447.